The van der Waals surface area contributed by atoms with Crippen LogP contribution in [0.25, 0.3) is 0 Å². The fourth-order valence-electron chi connectivity index (χ4n) is 8.14. The molecule has 0 rings (SSSR count). The van der Waals surface area contributed by atoms with E-state index in [4.69, 9.17) is 14.2 Å². The number of carbonyl (C=O) groups is 3. The molecule has 0 spiro atoms. The van der Waals surface area contributed by atoms with Crippen molar-refractivity contribution >= 4 is 17.9 Å². The minimum Gasteiger partial charge on any atom is -0.462 e. The Morgan fingerprint density at radius 1 is 0.259 bits per heavy atom. The maximum absolute atomic E-state index is 12.8. The first-order chi connectivity index (χ1) is 40.0. The molecule has 0 heterocycles. The second-order valence-electron chi connectivity index (χ2n) is 20.6. The Hall–Kier alpha value is -5.49. The van der Waals surface area contributed by atoms with E-state index in [1.54, 1.807) is 0 Å². The van der Waals surface area contributed by atoms with Crippen LogP contribution < -0.4 is 0 Å². The smallest absolute Gasteiger partial charge is 0.306 e. The van der Waals surface area contributed by atoms with Gasteiger partial charge in [-0.15, -0.1) is 0 Å². The highest BCUT2D eigenvalue weighted by Gasteiger charge is 2.19. The molecule has 452 valence electrons. The van der Waals surface area contributed by atoms with E-state index >= 15 is 0 Å². The highest BCUT2D eigenvalue weighted by Crippen LogP contribution is 2.13. The van der Waals surface area contributed by atoms with Crippen LogP contribution in [-0.2, 0) is 28.6 Å². The molecule has 0 radical (unpaired) electrons. The molecule has 0 amide bonds. The molecule has 6 nitrogen and oxygen atoms in total. The quantitative estimate of drug-likeness (QED) is 0.0261. The lowest BCUT2D eigenvalue weighted by Crippen LogP contribution is -2.30. The van der Waals surface area contributed by atoms with Gasteiger partial charge in [0.2, 0.25) is 0 Å². The number of esters is 3. The molecule has 1 unspecified atom stereocenters. The van der Waals surface area contributed by atoms with Crippen LogP contribution in [0.1, 0.15) is 252 Å². The second kappa shape index (κ2) is 67.0. The van der Waals surface area contributed by atoms with E-state index in [0.29, 0.717) is 19.3 Å². The molecule has 0 N–H and O–H groups in total. The second-order valence-corrected chi connectivity index (χ2v) is 20.6. The van der Waals surface area contributed by atoms with Crippen LogP contribution in [0.5, 0.6) is 0 Å². The molecular weight excluding hydrogens is 997 g/mol. The first kappa shape index (κ1) is 75.5. The first-order valence-electron chi connectivity index (χ1n) is 32.3. The molecule has 0 saturated carbocycles. The molecule has 0 aliphatic carbocycles. The van der Waals surface area contributed by atoms with Crippen molar-refractivity contribution in [1.29, 1.82) is 0 Å². The molecule has 81 heavy (non-hydrogen) atoms. The number of hydrogen-bond donors (Lipinski definition) is 0. The molecule has 0 aromatic rings. The number of allylic oxidation sites excluding steroid dienone is 30. The third kappa shape index (κ3) is 65.2. The SMILES string of the molecule is CC/C=C\C/C=C\C/C=C\C/C=C\C/C=C\C/C=C\C/C=C\C/C=C\CCCCCCC(=O)OCC(COC(=O)CCCCCCC)OC(=O)CCCCCCCCC/C=C\C/C=C\C/C=C\C/C=C\C/C=C\C/C=C\C/C=C\CC. The van der Waals surface area contributed by atoms with Gasteiger partial charge in [-0.05, 0) is 141 Å². The number of carbonyl (C=O) groups excluding carboxylic acids is 3. The topological polar surface area (TPSA) is 78.9 Å². The van der Waals surface area contributed by atoms with E-state index < -0.39 is 6.10 Å². The summed E-state index contributed by atoms with van der Waals surface area (Å²) in [5, 5.41) is 0. The summed E-state index contributed by atoms with van der Waals surface area (Å²) in [7, 11) is 0. The predicted octanol–water partition coefficient (Wildman–Crippen LogP) is 22.4. The molecule has 0 saturated heterocycles. The summed E-state index contributed by atoms with van der Waals surface area (Å²) in [5.41, 5.74) is 0. The van der Waals surface area contributed by atoms with Crippen LogP contribution in [0.4, 0.5) is 0 Å². The van der Waals surface area contributed by atoms with Gasteiger partial charge >= 0.3 is 17.9 Å². The third-order valence-electron chi connectivity index (χ3n) is 12.9. The van der Waals surface area contributed by atoms with Crippen LogP contribution in [-0.4, -0.2) is 37.2 Å². The van der Waals surface area contributed by atoms with Gasteiger partial charge in [0.05, 0.1) is 0 Å². The van der Waals surface area contributed by atoms with Crippen molar-refractivity contribution in [1.82, 2.24) is 0 Å². The molecule has 0 aromatic carbocycles. The zero-order valence-electron chi connectivity index (χ0n) is 51.7. The van der Waals surface area contributed by atoms with Gasteiger partial charge in [0.25, 0.3) is 0 Å². The molecule has 1 atom stereocenters. The Morgan fingerprint density at radius 2 is 0.481 bits per heavy atom. The average molecular weight is 1110 g/mol. The average Bonchev–Trinajstić information content (AvgIpc) is 3.47. The summed E-state index contributed by atoms with van der Waals surface area (Å²) in [5.74, 6) is -0.960. The Balaban J connectivity index is 4.20. The van der Waals surface area contributed by atoms with Gasteiger partial charge in [-0.3, -0.25) is 14.4 Å². The van der Waals surface area contributed by atoms with Gasteiger partial charge in [0.1, 0.15) is 13.2 Å². The summed E-state index contributed by atoms with van der Waals surface area (Å²) in [6.45, 7) is 6.28. The lowest BCUT2D eigenvalue weighted by molar-refractivity contribution is -0.167. The van der Waals surface area contributed by atoms with Gasteiger partial charge in [-0.25, -0.2) is 0 Å². The van der Waals surface area contributed by atoms with Crippen molar-refractivity contribution in [2.24, 2.45) is 0 Å². The predicted molar refractivity (Wildman–Crippen MR) is 352 cm³/mol. The first-order valence-corrected chi connectivity index (χ1v) is 32.3. The Labute approximate surface area is 497 Å². The van der Waals surface area contributed by atoms with Crippen molar-refractivity contribution in [2.75, 3.05) is 13.2 Å². The van der Waals surface area contributed by atoms with E-state index in [9.17, 15) is 14.4 Å². The highest BCUT2D eigenvalue weighted by molar-refractivity contribution is 5.71. The maximum Gasteiger partial charge on any atom is 0.306 e. The van der Waals surface area contributed by atoms with Gasteiger partial charge in [0.15, 0.2) is 6.10 Å². The van der Waals surface area contributed by atoms with E-state index in [0.717, 1.165) is 193 Å². The summed E-state index contributed by atoms with van der Waals surface area (Å²) < 4.78 is 16.7. The molecule has 0 bridgehead atoms. The normalized spacial score (nSPS) is 13.4. The minimum atomic E-state index is -0.802. The molecule has 6 heteroatoms. The lowest BCUT2D eigenvalue weighted by atomic mass is 10.1. The van der Waals surface area contributed by atoms with Gasteiger partial charge < -0.3 is 14.2 Å². The molecule has 0 aliphatic rings. The largest absolute Gasteiger partial charge is 0.462 e. The van der Waals surface area contributed by atoms with Crippen molar-refractivity contribution in [3.05, 3.63) is 182 Å². The molecule has 0 aromatic heterocycles. The Morgan fingerprint density at radius 3 is 0.753 bits per heavy atom. The molecule has 0 aliphatic heterocycles. The van der Waals surface area contributed by atoms with Crippen LogP contribution >= 0.6 is 0 Å². The fourth-order valence-corrected chi connectivity index (χ4v) is 8.14. The molecule has 0 fully saturated rings. The van der Waals surface area contributed by atoms with E-state index in [1.165, 1.54) is 19.3 Å². The summed E-state index contributed by atoms with van der Waals surface area (Å²) in [4.78, 5) is 38.0. The Bertz CT molecular complexity index is 1900. The van der Waals surface area contributed by atoms with Crippen molar-refractivity contribution in [3.63, 3.8) is 0 Å². The maximum atomic E-state index is 12.8. The van der Waals surface area contributed by atoms with Gasteiger partial charge in [-0.2, -0.15) is 0 Å². The number of ether oxygens (including phenoxy) is 3. The minimum absolute atomic E-state index is 0.0999. The summed E-state index contributed by atoms with van der Waals surface area (Å²) in [6.07, 6.45) is 101. The fraction of sp³-hybridized carbons (Fsp3) is 0.560. The Kier molecular flexibility index (Phi) is 62.5. The highest BCUT2D eigenvalue weighted by atomic mass is 16.6. The van der Waals surface area contributed by atoms with Gasteiger partial charge in [0, 0.05) is 19.3 Å². The third-order valence-corrected chi connectivity index (χ3v) is 12.9. The number of unbranched alkanes of at least 4 members (excludes halogenated alkanes) is 15. The van der Waals surface area contributed by atoms with Crippen molar-refractivity contribution < 1.29 is 28.6 Å². The van der Waals surface area contributed by atoms with Crippen LogP contribution in [0.2, 0.25) is 0 Å². The zero-order valence-corrected chi connectivity index (χ0v) is 51.7. The summed E-state index contributed by atoms with van der Waals surface area (Å²) in [6, 6.07) is 0. The standard InChI is InChI=1S/C75H116O6/c1-4-7-10-13-15-17-19-21-23-25-27-29-31-33-35-37-39-41-43-45-47-49-51-53-55-57-59-62-65-68-74(77)80-71-72(70-79-73(76)67-64-61-12-9-6-3)81-75(78)69-66-63-60-58-56-54-52-50-48-46-44-42-40-38-36-34-32-30-28-26-24-22-20-18-16-14-11-8-5-2/h7-8,10-11,15-18,21-24,27-30,33-36,39-42,45-48,51,53,72H,4-6,9,12-14,19-20,25-26,31-32,37-38,43-44,49-50,52,54-71H2,1-3H3/b10-7-,11-8-,17-15-,18-16-,23-21-,24-22-,29-27-,30-28-,35-33-,36-34-,41-39-,42-40-,47-45-,48-46-,53-51-. The number of hydrogen-bond acceptors (Lipinski definition) is 6. The van der Waals surface area contributed by atoms with Crippen LogP contribution in [0, 0.1) is 0 Å². The van der Waals surface area contributed by atoms with E-state index in [-0.39, 0.29) is 31.1 Å². The van der Waals surface area contributed by atoms with Gasteiger partial charge in [-0.1, -0.05) is 274 Å². The monoisotopic (exact) mass is 1110 g/mol. The zero-order chi connectivity index (χ0) is 58.5. The van der Waals surface area contributed by atoms with Crippen molar-refractivity contribution in [2.45, 2.75) is 258 Å². The number of rotatable bonds is 56. The lowest BCUT2D eigenvalue weighted by Gasteiger charge is -2.18. The molecular formula is C75H116O6. The van der Waals surface area contributed by atoms with Crippen LogP contribution in [0.15, 0.2) is 182 Å². The van der Waals surface area contributed by atoms with E-state index in [1.807, 2.05) is 0 Å². The van der Waals surface area contributed by atoms with Crippen molar-refractivity contribution in [3.8, 4) is 0 Å². The van der Waals surface area contributed by atoms with E-state index in [2.05, 4.69) is 203 Å². The summed E-state index contributed by atoms with van der Waals surface area (Å²) >= 11 is 0. The van der Waals surface area contributed by atoms with Crippen LogP contribution in [0.3, 0.4) is 0 Å².